The molecule has 1 unspecified atom stereocenters. The van der Waals surface area contributed by atoms with Gasteiger partial charge in [-0.1, -0.05) is 20.4 Å². The Morgan fingerprint density at radius 3 is 1.77 bits per heavy atom. The number of hydrogen-bond donors (Lipinski definition) is 1. The van der Waals surface area contributed by atoms with E-state index in [2.05, 4.69) is 6.58 Å². The molecule has 0 aliphatic carbocycles. The number of aliphatic hydroxyl groups is 1. The maximum Gasteiger partial charge on any atom is 0.426 e. The third-order valence-electron chi connectivity index (χ3n) is 3.28. The summed E-state index contributed by atoms with van der Waals surface area (Å²) in [5, 5.41) is 9.24. The quantitative estimate of drug-likeness (QED) is 0.552. The Labute approximate surface area is 125 Å². The van der Waals surface area contributed by atoms with E-state index in [0.717, 1.165) is 0 Å². The van der Waals surface area contributed by atoms with Crippen LogP contribution in [0.2, 0.25) is 0 Å². The van der Waals surface area contributed by atoms with Crippen molar-refractivity contribution in [2.45, 2.75) is 58.0 Å². The van der Waals surface area contributed by atoms with Gasteiger partial charge >= 0.3 is 12.4 Å². The zero-order valence-corrected chi connectivity index (χ0v) is 12.6. The van der Waals surface area contributed by atoms with Crippen molar-refractivity contribution in [2.24, 2.45) is 11.8 Å². The molecule has 2 nitrogen and oxygen atoms in total. The fourth-order valence-electron chi connectivity index (χ4n) is 2.15. The highest BCUT2D eigenvalue weighted by Crippen LogP contribution is 2.47. The van der Waals surface area contributed by atoms with E-state index < -0.39 is 42.5 Å². The molecule has 8 heteroatoms. The third-order valence-corrected chi connectivity index (χ3v) is 3.28. The van der Waals surface area contributed by atoms with Gasteiger partial charge in [-0.15, -0.1) is 0 Å². The SMILES string of the molecule is C=C(C)C(=O)CC(CC(C)C)CC(O)(C(F)(F)F)C(F)(F)F. The van der Waals surface area contributed by atoms with Crippen molar-refractivity contribution in [3.05, 3.63) is 12.2 Å². The summed E-state index contributed by atoms with van der Waals surface area (Å²) in [5.74, 6) is -2.09. The van der Waals surface area contributed by atoms with Crippen LogP contribution < -0.4 is 0 Å². The van der Waals surface area contributed by atoms with Crippen molar-refractivity contribution in [1.29, 1.82) is 0 Å². The summed E-state index contributed by atoms with van der Waals surface area (Å²) in [6, 6.07) is 0. The van der Waals surface area contributed by atoms with Crippen LogP contribution in [-0.4, -0.2) is 28.8 Å². The number of carbonyl (C=O) groups is 1. The second-order valence-corrected chi connectivity index (χ2v) is 5.96. The number of carbonyl (C=O) groups excluding carboxylic acids is 1. The Balaban J connectivity index is 5.48. The smallest absolute Gasteiger partial charge is 0.374 e. The van der Waals surface area contributed by atoms with Gasteiger partial charge in [0.1, 0.15) is 0 Å². The number of allylic oxidation sites excluding steroid dienone is 1. The largest absolute Gasteiger partial charge is 0.426 e. The highest BCUT2D eigenvalue weighted by Gasteiger charge is 2.70. The fourth-order valence-corrected chi connectivity index (χ4v) is 2.15. The molecule has 0 rings (SSSR count). The summed E-state index contributed by atoms with van der Waals surface area (Å²) in [7, 11) is 0. The van der Waals surface area contributed by atoms with Gasteiger partial charge in [-0.05, 0) is 37.2 Å². The highest BCUT2D eigenvalue weighted by molar-refractivity contribution is 5.94. The first kappa shape index (κ1) is 20.9. The van der Waals surface area contributed by atoms with Gasteiger partial charge in [0.2, 0.25) is 0 Å². The molecule has 0 aromatic rings. The predicted molar refractivity (Wildman–Crippen MR) is 69.1 cm³/mol. The lowest BCUT2D eigenvalue weighted by atomic mass is 9.81. The van der Waals surface area contributed by atoms with E-state index in [-0.39, 0.29) is 17.9 Å². The molecule has 0 aromatic heterocycles. The maximum atomic E-state index is 12.7. The molecule has 0 fully saturated rings. The van der Waals surface area contributed by atoms with Gasteiger partial charge in [-0.2, -0.15) is 26.3 Å². The minimum absolute atomic E-state index is 0.0481. The first-order chi connectivity index (χ1) is 9.61. The molecule has 1 N–H and O–H groups in total. The van der Waals surface area contributed by atoms with Crippen LogP contribution in [0, 0.1) is 11.8 Å². The number of halogens is 6. The normalized spacial score (nSPS) is 15.0. The maximum absolute atomic E-state index is 12.7. The molecule has 0 aromatic carbocycles. The van der Waals surface area contributed by atoms with E-state index in [1.165, 1.54) is 6.92 Å². The molecule has 0 saturated carbocycles. The van der Waals surface area contributed by atoms with Gasteiger partial charge in [0.05, 0.1) is 0 Å². The Morgan fingerprint density at radius 1 is 1.09 bits per heavy atom. The minimum Gasteiger partial charge on any atom is -0.374 e. The molecule has 0 aliphatic heterocycles. The predicted octanol–water partition coefficient (Wildman–Crippen LogP) is 4.43. The van der Waals surface area contributed by atoms with Crippen LogP contribution in [0.25, 0.3) is 0 Å². The van der Waals surface area contributed by atoms with Crippen LogP contribution in [-0.2, 0) is 4.79 Å². The van der Waals surface area contributed by atoms with E-state index in [0.29, 0.717) is 0 Å². The summed E-state index contributed by atoms with van der Waals surface area (Å²) in [6.07, 6.45) is -13.9. The monoisotopic (exact) mass is 334 g/mol. The van der Waals surface area contributed by atoms with E-state index in [4.69, 9.17) is 0 Å². The molecule has 0 aliphatic rings. The van der Waals surface area contributed by atoms with Gasteiger partial charge in [-0.25, -0.2) is 0 Å². The fraction of sp³-hybridized carbons (Fsp3) is 0.786. The first-order valence-electron chi connectivity index (χ1n) is 6.66. The Bertz CT molecular complexity index is 395. The molecule has 0 heterocycles. The Kier molecular flexibility index (Phi) is 6.68. The second kappa shape index (κ2) is 7.02. The van der Waals surface area contributed by atoms with Gasteiger partial charge in [0.25, 0.3) is 5.60 Å². The number of rotatable bonds is 7. The zero-order chi connectivity index (χ0) is 17.9. The van der Waals surface area contributed by atoms with Crippen LogP contribution >= 0.6 is 0 Å². The molecule has 0 spiro atoms. The number of hydrogen-bond acceptors (Lipinski definition) is 2. The van der Waals surface area contributed by atoms with Crippen molar-refractivity contribution in [3.8, 4) is 0 Å². The zero-order valence-electron chi connectivity index (χ0n) is 12.6. The minimum atomic E-state index is -5.87. The number of Topliss-reactive ketones (excluding diaryl/α,β-unsaturated/α-hetero) is 1. The molecule has 0 radical (unpaired) electrons. The van der Waals surface area contributed by atoms with Crippen molar-refractivity contribution in [3.63, 3.8) is 0 Å². The highest BCUT2D eigenvalue weighted by atomic mass is 19.4. The summed E-state index contributed by atoms with van der Waals surface area (Å²) in [4.78, 5) is 11.6. The van der Waals surface area contributed by atoms with Crippen LogP contribution in [0.3, 0.4) is 0 Å². The van der Waals surface area contributed by atoms with Gasteiger partial charge in [0, 0.05) is 6.42 Å². The van der Waals surface area contributed by atoms with E-state index in [9.17, 15) is 36.2 Å². The van der Waals surface area contributed by atoms with E-state index in [1.807, 2.05) is 0 Å². The van der Waals surface area contributed by atoms with Crippen LogP contribution in [0.15, 0.2) is 12.2 Å². The molecular weight excluding hydrogens is 314 g/mol. The molecular formula is C14H20F6O2. The summed E-state index contributed by atoms with van der Waals surface area (Å²) in [6.45, 7) is 7.87. The van der Waals surface area contributed by atoms with Crippen molar-refractivity contribution in [2.75, 3.05) is 0 Å². The van der Waals surface area contributed by atoms with Crippen molar-refractivity contribution < 1.29 is 36.2 Å². The summed E-state index contributed by atoms with van der Waals surface area (Å²) < 4.78 is 76.3. The van der Waals surface area contributed by atoms with Gasteiger partial charge < -0.3 is 5.11 Å². The first-order valence-corrected chi connectivity index (χ1v) is 6.66. The van der Waals surface area contributed by atoms with E-state index in [1.54, 1.807) is 13.8 Å². The third kappa shape index (κ3) is 5.30. The lowest BCUT2D eigenvalue weighted by Crippen LogP contribution is -2.57. The lowest BCUT2D eigenvalue weighted by Gasteiger charge is -2.35. The molecule has 1 atom stereocenters. The molecule has 0 saturated heterocycles. The lowest BCUT2D eigenvalue weighted by molar-refractivity contribution is -0.372. The second-order valence-electron chi connectivity index (χ2n) is 5.96. The molecule has 22 heavy (non-hydrogen) atoms. The molecule has 0 bridgehead atoms. The number of alkyl halides is 6. The van der Waals surface area contributed by atoms with Crippen molar-refractivity contribution in [1.82, 2.24) is 0 Å². The average Bonchev–Trinajstić information content (AvgIpc) is 2.24. The standard InChI is InChI=1S/C14H20F6O2/c1-8(2)5-10(6-11(21)9(3)4)7-12(22,13(15,16)17)14(18,19)20/h8,10,22H,3,5-7H2,1-2,4H3. The van der Waals surface area contributed by atoms with Crippen LogP contribution in [0.5, 0.6) is 0 Å². The Hall–Kier alpha value is -1.05. The van der Waals surface area contributed by atoms with Gasteiger partial charge in [-0.3, -0.25) is 4.79 Å². The molecule has 0 amide bonds. The van der Waals surface area contributed by atoms with Crippen LogP contribution in [0.4, 0.5) is 26.3 Å². The van der Waals surface area contributed by atoms with Crippen molar-refractivity contribution >= 4 is 5.78 Å². The summed E-state index contributed by atoms with van der Waals surface area (Å²) >= 11 is 0. The number of ketones is 1. The molecule has 130 valence electrons. The van der Waals surface area contributed by atoms with E-state index >= 15 is 0 Å². The van der Waals surface area contributed by atoms with Gasteiger partial charge in [0.15, 0.2) is 5.78 Å². The average molecular weight is 334 g/mol. The Morgan fingerprint density at radius 2 is 1.50 bits per heavy atom. The topological polar surface area (TPSA) is 37.3 Å². The summed E-state index contributed by atoms with van der Waals surface area (Å²) in [5.41, 5.74) is -4.77. The van der Waals surface area contributed by atoms with Crippen LogP contribution in [0.1, 0.15) is 40.0 Å².